The topological polar surface area (TPSA) is 71.0 Å². The first-order valence-corrected chi connectivity index (χ1v) is 10.6. The number of hydrogen-bond donors (Lipinski definition) is 1. The smallest absolute Gasteiger partial charge is 0.253 e. The van der Waals surface area contributed by atoms with Gasteiger partial charge < -0.3 is 10.2 Å². The molecule has 0 atom stereocenters. The molecule has 1 amide bonds. The number of pyridine rings is 1. The molecule has 154 valence electrons. The van der Waals surface area contributed by atoms with E-state index in [0.29, 0.717) is 5.92 Å². The van der Waals surface area contributed by atoms with Crippen LogP contribution in [0, 0.1) is 5.92 Å². The minimum absolute atomic E-state index is 0.132. The van der Waals surface area contributed by atoms with Crippen LogP contribution in [-0.2, 0) is 6.42 Å². The van der Waals surface area contributed by atoms with Crippen LogP contribution < -0.4 is 5.32 Å². The molecule has 1 aliphatic heterocycles. The summed E-state index contributed by atoms with van der Waals surface area (Å²) in [7, 11) is 0. The fourth-order valence-electron chi connectivity index (χ4n) is 3.75. The number of amides is 1. The summed E-state index contributed by atoms with van der Waals surface area (Å²) in [6.45, 7) is 4.55. The molecule has 3 heterocycles. The number of piperidine rings is 1. The van der Waals surface area contributed by atoms with Gasteiger partial charge in [-0.2, -0.15) is 0 Å². The number of nitrogens with one attached hydrogen (secondary N) is 1. The third kappa shape index (κ3) is 4.82. The van der Waals surface area contributed by atoms with Gasteiger partial charge in [-0.15, -0.1) is 0 Å². The molecule has 0 radical (unpaired) electrons. The van der Waals surface area contributed by atoms with Crippen molar-refractivity contribution in [3.8, 4) is 11.4 Å². The normalized spacial score (nSPS) is 14.5. The van der Waals surface area contributed by atoms with Gasteiger partial charge in [0.25, 0.3) is 5.91 Å². The Morgan fingerprint density at radius 2 is 1.80 bits per heavy atom. The van der Waals surface area contributed by atoms with Crippen molar-refractivity contribution in [3.63, 3.8) is 0 Å². The summed E-state index contributed by atoms with van der Waals surface area (Å²) in [5.41, 5.74) is 2.75. The molecule has 0 spiro atoms. The predicted molar refractivity (Wildman–Crippen MR) is 118 cm³/mol. The highest BCUT2D eigenvalue weighted by molar-refractivity contribution is 5.94. The van der Waals surface area contributed by atoms with Crippen LogP contribution in [0.2, 0.25) is 0 Å². The van der Waals surface area contributed by atoms with E-state index in [9.17, 15) is 4.79 Å². The van der Waals surface area contributed by atoms with Gasteiger partial charge in [0, 0.05) is 54.9 Å². The minimum atomic E-state index is 0.132. The first-order chi connectivity index (χ1) is 14.7. The largest absolute Gasteiger partial charge is 0.370 e. The zero-order valence-electron chi connectivity index (χ0n) is 17.3. The van der Waals surface area contributed by atoms with Gasteiger partial charge in [-0.1, -0.05) is 25.1 Å². The van der Waals surface area contributed by atoms with Crippen molar-refractivity contribution in [1.82, 2.24) is 19.9 Å². The monoisotopic (exact) mass is 401 g/mol. The number of likely N-dealkylation sites (tertiary alicyclic amines) is 1. The lowest BCUT2D eigenvalue weighted by Crippen LogP contribution is -2.39. The third-order valence-corrected chi connectivity index (χ3v) is 5.57. The van der Waals surface area contributed by atoms with Crippen LogP contribution in [0.1, 0.15) is 35.8 Å². The Hall–Kier alpha value is -3.28. The molecular weight excluding hydrogens is 374 g/mol. The summed E-state index contributed by atoms with van der Waals surface area (Å²) in [6, 6.07) is 15.4. The van der Waals surface area contributed by atoms with Crippen molar-refractivity contribution < 1.29 is 4.79 Å². The second kappa shape index (κ2) is 9.48. The first-order valence-electron chi connectivity index (χ1n) is 10.6. The quantitative estimate of drug-likeness (QED) is 0.674. The van der Waals surface area contributed by atoms with Crippen molar-refractivity contribution in [3.05, 3.63) is 72.2 Å². The lowest BCUT2D eigenvalue weighted by Gasteiger charge is -2.32. The molecule has 0 saturated carbocycles. The van der Waals surface area contributed by atoms with Gasteiger partial charge in [-0.05, 0) is 49.4 Å². The molecule has 0 unspecified atom stereocenters. The number of benzene rings is 1. The van der Waals surface area contributed by atoms with Gasteiger partial charge in [-0.3, -0.25) is 9.78 Å². The highest BCUT2D eigenvalue weighted by Gasteiger charge is 2.23. The molecule has 1 aliphatic rings. The summed E-state index contributed by atoms with van der Waals surface area (Å²) in [5, 5.41) is 3.50. The molecule has 4 rings (SSSR count). The van der Waals surface area contributed by atoms with Crippen LogP contribution in [-0.4, -0.2) is 45.4 Å². The molecule has 30 heavy (non-hydrogen) atoms. The van der Waals surface area contributed by atoms with Crippen molar-refractivity contribution in [2.75, 3.05) is 25.0 Å². The van der Waals surface area contributed by atoms with Crippen LogP contribution in [0.3, 0.4) is 0 Å². The van der Waals surface area contributed by atoms with Crippen molar-refractivity contribution in [2.24, 2.45) is 5.92 Å². The Bertz CT molecular complexity index is 969. The Morgan fingerprint density at radius 3 is 2.50 bits per heavy atom. The average molecular weight is 402 g/mol. The van der Waals surface area contributed by atoms with Crippen molar-refractivity contribution in [2.45, 2.75) is 26.2 Å². The lowest BCUT2D eigenvalue weighted by atomic mass is 9.96. The van der Waals surface area contributed by atoms with Crippen molar-refractivity contribution >= 4 is 11.7 Å². The number of rotatable bonds is 6. The molecule has 1 fully saturated rings. The van der Waals surface area contributed by atoms with Gasteiger partial charge in [0.05, 0.1) is 0 Å². The SMILES string of the molecule is CCc1cc(NCC2CCN(C(=O)c3ccccc3)CC2)nc(-c2ccncc2)n1. The number of carbonyl (C=O) groups excluding carboxylic acids is 1. The van der Waals surface area contributed by atoms with E-state index in [4.69, 9.17) is 4.98 Å². The van der Waals surface area contributed by atoms with E-state index >= 15 is 0 Å². The van der Waals surface area contributed by atoms with Gasteiger partial charge in [-0.25, -0.2) is 9.97 Å². The van der Waals surface area contributed by atoms with Crippen LogP contribution in [0.5, 0.6) is 0 Å². The van der Waals surface area contributed by atoms with Gasteiger partial charge in [0.2, 0.25) is 0 Å². The zero-order chi connectivity index (χ0) is 20.8. The van der Waals surface area contributed by atoms with Crippen LogP contribution in [0.4, 0.5) is 5.82 Å². The highest BCUT2D eigenvalue weighted by atomic mass is 16.2. The summed E-state index contributed by atoms with van der Waals surface area (Å²) in [5.74, 6) is 2.24. The number of aromatic nitrogens is 3. The molecule has 6 nitrogen and oxygen atoms in total. The number of aryl methyl sites for hydroxylation is 1. The van der Waals surface area contributed by atoms with Gasteiger partial charge in [0.1, 0.15) is 5.82 Å². The Kier molecular flexibility index (Phi) is 6.32. The summed E-state index contributed by atoms with van der Waals surface area (Å²) < 4.78 is 0. The predicted octanol–water partition coefficient (Wildman–Crippen LogP) is 4.07. The maximum absolute atomic E-state index is 12.6. The minimum Gasteiger partial charge on any atom is -0.370 e. The number of hydrogen-bond acceptors (Lipinski definition) is 5. The maximum Gasteiger partial charge on any atom is 0.253 e. The fraction of sp³-hybridized carbons (Fsp3) is 0.333. The molecule has 3 aromatic rings. The van der Waals surface area contributed by atoms with Crippen LogP contribution in [0.25, 0.3) is 11.4 Å². The zero-order valence-corrected chi connectivity index (χ0v) is 17.3. The number of nitrogens with zero attached hydrogens (tertiary/aromatic N) is 4. The first kappa shape index (κ1) is 20.0. The van der Waals surface area contributed by atoms with E-state index < -0.39 is 0 Å². The molecule has 6 heteroatoms. The van der Waals surface area contributed by atoms with E-state index in [-0.39, 0.29) is 5.91 Å². The average Bonchev–Trinajstić information content (AvgIpc) is 2.83. The molecular formula is C24H27N5O. The standard InChI is InChI=1S/C24H27N5O/c1-2-21-16-22(28-23(27-21)19-8-12-25-13-9-19)26-17-18-10-14-29(15-11-18)24(30)20-6-4-3-5-7-20/h3-9,12-13,16,18H,2,10-11,14-15,17H2,1H3,(H,26,27,28). The Balaban J connectivity index is 1.35. The molecule has 0 aliphatic carbocycles. The Labute approximate surface area is 177 Å². The summed E-state index contributed by atoms with van der Waals surface area (Å²) in [4.78, 5) is 28.0. The number of carbonyl (C=O) groups is 1. The molecule has 2 aromatic heterocycles. The van der Waals surface area contributed by atoms with Crippen molar-refractivity contribution in [1.29, 1.82) is 0 Å². The third-order valence-electron chi connectivity index (χ3n) is 5.57. The molecule has 1 saturated heterocycles. The van der Waals surface area contributed by atoms with E-state index in [1.807, 2.05) is 53.4 Å². The van der Waals surface area contributed by atoms with E-state index in [1.54, 1.807) is 12.4 Å². The highest BCUT2D eigenvalue weighted by Crippen LogP contribution is 2.21. The second-order valence-corrected chi connectivity index (χ2v) is 7.64. The van der Waals surface area contributed by atoms with Crippen LogP contribution >= 0.6 is 0 Å². The fourth-order valence-corrected chi connectivity index (χ4v) is 3.75. The molecule has 0 bridgehead atoms. The summed E-state index contributed by atoms with van der Waals surface area (Å²) in [6.07, 6.45) is 6.36. The Morgan fingerprint density at radius 1 is 1.07 bits per heavy atom. The lowest BCUT2D eigenvalue weighted by molar-refractivity contribution is 0.0695. The van der Waals surface area contributed by atoms with Crippen LogP contribution in [0.15, 0.2) is 60.9 Å². The number of anilines is 1. The van der Waals surface area contributed by atoms with E-state index in [2.05, 4.69) is 22.2 Å². The summed E-state index contributed by atoms with van der Waals surface area (Å²) >= 11 is 0. The molecule has 1 aromatic carbocycles. The van der Waals surface area contributed by atoms with E-state index in [1.165, 1.54) is 0 Å². The second-order valence-electron chi connectivity index (χ2n) is 7.64. The maximum atomic E-state index is 12.6. The van der Waals surface area contributed by atoms with Gasteiger partial charge in [0.15, 0.2) is 5.82 Å². The molecule has 1 N–H and O–H groups in total. The van der Waals surface area contributed by atoms with E-state index in [0.717, 1.165) is 67.4 Å². The van der Waals surface area contributed by atoms with Gasteiger partial charge >= 0.3 is 0 Å².